The van der Waals surface area contributed by atoms with Gasteiger partial charge in [-0.15, -0.1) is 0 Å². The summed E-state index contributed by atoms with van der Waals surface area (Å²) in [6.07, 6.45) is 2.60. The molecule has 2 N–H and O–H groups in total. The Morgan fingerprint density at radius 2 is 2.56 bits per heavy atom. The van der Waals surface area contributed by atoms with Crippen LogP contribution in [0.3, 0.4) is 0 Å². The lowest BCUT2D eigenvalue weighted by Crippen LogP contribution is -2.41. The van der Waals surface area contributed by atoms with Crippen molar-refractivity contribution in [3.63, 3.8) is 0 Å². The lowest BCUT2D eigenvalue weighted by molar-refractivity contribution is -0.122. The predicted molar refractivity (Wildman–Crippen MR) is 56.8 cm³/mol. The van der Waals surface area contributed by atoms with Gasteiger partial charge in [0.25, 0.3) is 0 Å². The molecule has 0 unspecified atom stereocenters. The number of carbonyl (C=O) groups excluding carboxylic acids is 1. The molecule has 0 saturated carbocycles. The van der Waals surface area contributed by atoms with E-state index in [0.29, 0.717) is 24.7 Å². The Hall–Kier alpha value is -1.43. The van der Waals surface area contributed by atoms with E-state index in [1.165, 1.54) is 0 Å². The molecule has 1 amide bonds. The van der Waals surface area contributed by atoms with Crippen LogP contribution in [0.25, 0.3) is 0 Å². The molecule has 1 fully saturated rings. The van der Waals surface area contributed by atoms with Crippen molar-refractivity contribution in [3.8, 4) is 0 Å². The summed E-state index contributed by atoms with van der Waals surface area (Å²) in [6, 6.07) is -0.0213. The Balaban J connectivity index is 1.69. The van der Waals surface area contributed by atoms with Gasteiger partial charge in [-0.25, -0.2) is 0 Å². The highest BCUT2D eigenvalue weighted by Gasteiger charge is 2.21. The van der Waals surface area contributed by atoms with E-state index >= 15 is 0 Å². The molecule has 0 aliphatic carbocycles. The normalized spacial score (nSPS) is 19.9. The summed E-state index contributed by atoms with van der Waals surface area (Å²) >= 11 is 0. The van der Waals surface area contributed by atoms with Crippen molar-refractivity contribution in [1.82, 2.24) is 20.8 Å². The molecule has 0 aromatic carbocycles. The van der Waals surface area contributed by atoms with Crippen molar-refractivity contribution in [2.75, 3.05) is 13.1 Å². The third kappa shape index (κ3) is 2.79. The first-order chi connectivity index (χ1) is 7.75. The first-order valence-electron chi connectivity index (χ1n) is 5.56. The van der Waals surface area contributed by atoms with Gasteiger partial charge in [-0.2, -0.15) is 4.98 Å². The first-order valence-corrected chi connectivity index (χ1v) is 5.56. The summed E-state index contributed by atoms with van der Waals surface area (Å²) in [4.78, 5) is 15.7. The summed E-state index contributed by atoms with van der Waals surface area (Å²) in [6.45, 7) is 3.23. The molecule has 2 rings (SSSR count). The monoisotopic (exact) mass is 224 g/mol. The van der Waals surface area contributed by atoms with Crippen LogP contribution in [-0.4, -0.2) is 35.2 Å². The molecule has 0 bridgehead atoms. The molecule has 1 aliphatic rings. The number of aryl methyl sites for hydroxylation is 1. The number of hydrogen-bond acceptors (Lipinski definition) is 5. The van der Waals surface area contributed by atoms with Crippen LogP contribution in [0.5, 0.6) is 0 Å². The summed E-state index contributed by atoms with van der Waals surface area (Å²) in [7, 11) is 0. The third-order valence-electron chi connectivity index (χ3n) is 2.59. The minimum Gasteiger partial charge on any atom is -0.354 e. The SMILES string of the molecule is Cc1nc(CCNC(=O)[C@@H]2CCCN2)no1. The highest BCUT2D eigenvalue weighted by molar-refractivity contribution is 5.81. The molecule has 6 nitrogen and oxygen atoms in total. The molecule has 88 valence electrons. The van der Waals surface area contributed by atoms with E-state index in [4.69, 9.17) is 4.52 Å². The Morgan fingerprint density at radius 3 is 3.19 bits per heavy atom. The average molecular weight is 224 g/mol. The number of nitrogens with zero attached hydrogens (tertiary/aromatic N) is 2. The van der Waals surface area contributed by atoms with Crippen LogP contribution in [0, 0.1) is 6.92 Å². The smallest absolute Gasteiger partial charge is 0.237 e. The average Bonchev–Trinajstić information content (AvgIpc) is 2.89. The topological polar surface area (TPSA) is 80.0 Å². The van der Waals surface area contributed by atoms with Crippen molar-refractivity contribution < 1.29 is 9.32 Å². The summed E-state index contributed by atoms with van der Waals surface area (Å²) in [5.41, 5.74) is 0. The molecule has 1 atom stereocenters. The van der Waals surface area contributed by atoms with E-state index in [2.05, 4.69) is 20.8 Å². The fourth-order valence-electron chi connectivity index (χ4n) is 1.77. The summed E-state index contributed by atoms with van der Waals surface area (Å²) in [5, 5.41) is 9.76. The van der Waals surface area contributed by atoms with Crippen LogP contribution in [0.1, 0.15) is 24.6 Å². The molecule has 1 aromatic heterocycles. The van der Waals surface area contributed by atoms with Gasteiger partial charge in [0.05, 0.1) is 6.04 Å². The zero-order valence-electron chi connectivity index (χ0n) is 9.32. The van der Waals surface area contributed by atoms with Crippen molar-refractivity contribution >= 4 is 5.91 Å². The Morgan fingerprint density at radius 1 is 1.69 bits per heavy atom. The van der Waals surface area contributed by atoms with E-state index in [0.717, 1.165) is 19.4 Å². The number of rotatable bonds is 4. The highest BCUT2D eigenvalue weighted by atomic mass is 16.5. The standard InChI is InChI=1S/C10H16N4O2/c1-7-13-9(14-16-7)4-6-12-10(15)8-3-2-5-11-8/h8,11H,2-6H2,1H3,(H,12,15)/t8-/m0/s1. The van der Waals surface area contributed by atoms with E-state index in [9.17, 15) is 4.79 Å². The lowest BCUT2D eigenvalue weighted by Gasteiger charge is -2.09. The number of carbonyl (C=O) groups is 1. The van der Waals surface area contributed by atoms with E-state index < -0.39 is 0 Å². The second-order valence-corrected chi connectivity index (χ2v) is 3.92. The molecule has 1 aliphatic heterocycles. The highest BCUT2D eigenvalue weighted by Crippen LogP contribution is 2.04. The number of aromatic nitrogens is 2. The fourth-order valence-corrected chi connectivity index (χ4v) is 1.77. The van der Waals surface area contributed by atoms with Crippen molar-refractivity contribution in [3.05, 3.63) is 11.7 Å². The molecule has 16 heavy (non-hydrogen) atoms. The summed E-state index contributed by atoms with van der Waals surface area (Å²) in [5.74, 6) is 1.26. The van der Waals surface area contributed by atoms with Gasteiger partial charge in [0.2, 0.25) is 11.8 Å². The number of hydrogen-bond donors (Lipinski definition) is 2. The second kappa shape index (κ2) is 5.07. The molecular formula is C10H16N4O2. The number of nitrogens with one attached hydrogen (secondary N) is 2. The van der Waals surface area contributed by atoms with E-state index in [1.807, 2.05) is 0 Å². The Kier molecular flexibility index (Phi) is 3.51. The van der Waals surface area contributed by atoms with Crippen LogP contribution < -0.4 is 10.6 Å². The first kappa shape index (κ1) is 11.1. The second-order valence-electron chi connectivity index (χ2n) is 3.92. The van der Waals surface area contributed by atoms with Crippen LogP contribution in [0.4, 0.5) is 0 Å². The predicted octanol–water partition coefficient (Wildman–Crippen LogP) is -0.211. The largest absolute Gasteiger partial charge is 0.354 e. The lowest BCUT2D eigenvalue weighted by atomic mass is 10.2. The maximum Gasteiger partial charge on any atom is 0.237 e. The minimum atomic E-state index is -0.0213. The minimum absolute atomic E-state index is 0.0213. The van der Waals surface area contributed by atoms with Crippen LogP contribution >= 0.6 is 0 Å². The fraction of sp³-hybridized carbons (Fsp3) is 0.700. The number of amides is 1. The summed E-state index contributed by atoms with van der Waals surface area (Å²) < 4.78 is 4.84. The van der Waals surface area contributed by atoms with E-state index in [1.54, 1.807) is 6.92 Å². The van der Waals surface area contributed by atoms with E-state index in [-0.39, 0.29) is 11.9 Å². The van der Waals surface area contributed by atoms with Gasteiger partial charge in [0.1, 0.15) is 0 Å². The Bertz CT molecular complexity index is 357. The molecule has 6 heteroatoms. The molecule has 1 aromatic rings. The van der Waals surface area contributed by atoms with Gasteiger partial charge in [0.15, 0.2) is 5.82 Å². The molecule has 0 spiro atoms. The third-order valence-corrected chi connectivity index (χ3v) is 2.59. The van der Waals surface area contributed by atoms with Crippen molar-refractivity contribution in [2.24, 2.45) is 0 Å². The van der Waals surface area contributed by atoms with Gasteiger partial charge in [-0.1, -0.05) is 5.16 Å². The maximum atomic E-state index is 11.6. The zero-order chi connectivity index (χ0) is 11.4. The quantitative estimate of drug-likeness (QED) is 0.739. The molecule has 0 radical (unpaired) electrons. The molecule has 1 saturated heterocycles. The van der Waals surface area contributed by atoms with Gasteiger partial charge in [-0.05, 0) is 19.4 Å². The molecule has 2 heterocycles. The maximum absolute atomic E-state index is 11.6. The van der Waals surface area contributed by atoms with Gasteiger partial charge in [0, 0.05) is 19.9 Å². The van der Waals surface area contributed by atoms with Crippen molar-refractivity contribution in [2.45, 2.75) is 32.2 Å². The van der Waals surface area contributed by atoms with Crippen molar-refractivity contribution in [1.29, 1.82) is 0 Å². The molecular weight excluding hydrogens is 208 g/mol. The van der Waals surface area contributed by atoms with Gasteiger partial charge < -0.3 is 15.2 Å². The van der Waals surface area contributed by atoms with Gasteiger partial charge >= 0.3 is 0 Å². The Labute approximate surface area is 93.8 Å². The van der Waals surface area contributed by atoms with Crippen LogP contribution in [0.2, 0.25) is 0 Å². The van der Waals surface area contributed by atoms with Crippen LogP contribution in [0.15, 0.2) is 4.52 Å². The van der Waals surface area contributed by atoms with Crippen LogP contribution in [-0.2, 0) is 11.2 Å². The zero-order valence-corrected chi connectivity index (χ0v) is 9.32. The van der Waals surface area contributed by atoms with Gasteiger partial charge in [-0.3, -0.25) is 4.79 Å².